The summed E-state index contributed by atoms with van der Waals surface area (Å²) in [5, 5.41) is 16.3. The Labute approximate surface area is 206 Å². The predicted octanol–water partition coefficient (Wildman–Crippen LogP) is 5.31. The quantitative estimate of drug-likeness (QED) is 0.190. The van der Waals surface area contributed by atoms with Crippen molar-refractivity contribution in [2.24, 2.45) is 5.92 Å². The second-order valence-electron chi connectivity index (χ2n) is 8.04. The Morgan fingerprint density at radius 3 is 2.62 bits per heavy atom. The van der Waals surface area contributed by atoms with Crippen molar-refractivity contribution in [3.8, 4) is 22.7 Å². The Balaban J connectivity index is 1.83. The number of benzene rings is 2. The zero-order valence-electron chi connectivity index (χ0n) is 18.8. The van der Waals surface area contributed by atoms with Gasteiger partial charge in [-0.2, -0.15) is 5.10 Å². The molecule has 2 aromatic carbocycles. The first-order chi connectivity index (χ1) is 16.3. The molecule has 0 N–H and O–H groups in total. The van der Waals surface area contributed by atoms with Gasteiger partial charge in [-0.25, -0.2) is 4.68 Å². The van der Waals surface area contributed by atoms with Crippen LogP contribution in [0.5, 0.6) is 5.75 Å². The van der Waals surface area contributed by atoms with Gasteiger partial charge in [0.1, 0.15) is 10.0 Å². The molecule has 1 amide bonds. The molecule has 3 aromatic rings. The molecule has 1 saturated heterocycles. The third-order valence-corrected chi connectivity index (χ3v) is 6.50. The highest BCUT2D eigenvalue weighted by Crippen LogP contribution is 2.37. The summed E-state index contributed by atoms with van der Waals surface area (Å²) in [6, 6.07) is 14.2. The minimum absolute atomic E-state index is 0.150. The number of para-hydroxylation sites is 1. The lowest BCUT2D eigenvalue weighted by Gasteiger charge is -2.16. The number of hydrogen-bond donors (Lipinski definition) is 0. The number of nitro groups is 1. The summed E-state index contributed by atoms with van der Waals surface area (Å²) in [5.74, 6) is 0.285. The van der Waals surface area contributed by atoms with Gasteiger partial charge in [0.15, 0.2) is 5.75 Å². The summed E-state index contributed by atoms with van der Waals surface area (Å²) < 4.78 is 7.33. The van der Waals surface area contributed by atoms with E-state index in [1.807, 2.05) is 44.2 Å². The standard InChI is InChI=1S/C24H22N4O4S2/c1-15(2)13-26-23(29)21(34-24(26)33)12-17-14-27(18-7-5-4-6-8-18)25-22(17)16-9-10-20(32-3)19(11-16)28(30)31/h4-12,14-15H,13H2,1-3H3. The van der Waals surface area contributed by atoms with Crippen LogP contribution in [0.25, 0.3) is 23.0 Å². The first-order valence-corrected chi connectivity index (χ1v) is 11.7. The van der Waals surface area contributed by atoms with Gasteiger partial charge in [-0.1, -0.05) is 56.0 Å². The van der Waals surface area contributed by atoms with E-state index >= 15 is 0 Å². The van der Waals surface area contributed by atoms with Crippen molar-refractivity contribution < 1.29 is 14.5 Å². The molecule has 0 unspecified atom stereocenters. The maximum absolute atomic E-state index is 13.0. The molecule has 1 aliphatic rings. The van der Waals surface area contributed by atoms with Crippen molar-refractivity contribution in [3.05, 3.63) is 75.3 Å². The molecule has 0 bridgehead atoms. The minimum atomic E-state index is -0.493. The maximum Gasteiger partial charge on any atom is 0.311 e. The summed E-state index contributed by atoms with van der Waals surface area (Å²) in [6.45, 7) is 4.60. The average Bonchev–Trinajstić information content (AvgIpc) is 3.35. The van der Waals surface area contributed by atoms with Gasteiger partial charge in [-0.15, -0.1) is 0 Å². The van der Waals surface area contributed by atoms with Gasteiger partial charge in [-0.3, -0.25) is 19.8 Å². The number of methoxy groups -OCH3 is 1. The number of amides is 1. The number of hydrogen-bond acceptors (Lipinski definition) is 7. The number of rotatable bonds is 7. The first-order valence-electron chi connectivity index (χ1n) is 10.5. The molecule has 1 aliphatic heterocycles. The fourth-order valence-corrected chi connectivity index (χ4v) is 4.84. The molecular weight excluding hydrogens is 472 g/mol. The lowest BCUT2D eigenvalue weighted by molar-refractivity contribution is -0.385. The van der Waals surface area contributed by atoms with E-state index in [0.717, 1.165) is 5.69 Å². The minimum Gasteiger partial charge on any atom is -0.490 e. The van der Waals surface area contributed by atoms with Crippen molar-refractivity contribution in [1.82, 2.24) is 14.7 Å². The highest BCUT2D eigenvalue weighted by Gasteiger charge is 2.32. The second-order valence-corrected chi connectivity index (χ2v) is 9.72. The van der Waals surface area contributed by atoms with E-state index in [0.29, 0.717) is 32.6 Å². The smallest absolute Gasteiger partial charge is 0.311 e. The van der Waals surface area contributed by atoms with E-state index < -0.39 is 4.92 Å². The summed E-state index contributed by atoms with van der Waals surface area (Å²) in [4.78, 5) is 26.2. The highest BCUT2D eigenvalue weighted by atomic mass is 32.2. The van der Waals surface area contributed by atoms with Crippen LogP contribution in [0.3, 0.4) is 0 Å². The Bertz CT molecular complexity index is 1300. The second kappa shape index (κ2) is 9.78. The van der Waals surface area contributed by atoms with Crippen LogP contribution in [0.1, 0.15) is 19.4 Å². The predicted molar refractivity (Wildman–Crippen MR) is 137 cm³/mol. The number of nitrogens with zero attached hydrogens (tertiary/aromatic N) is 4. The summed E-state index contributed by atoms with van der Waals surface area (Å²) >= 11 is 6.67. The third kappa shape index (κ3) is 4.73. The van der Waals surface area contributed by atoms with Crippen LogP contribution in [-0.2, 0) is 4.79 Å². The molecule has 10 heteroatoms. The molecule has 4 rings (SSSR count). The van der Waals surface area contributed by atoms with Gasteiger partial charge >= 0.3 is 5.69 Å². The summed E-state index contributed by atoms with van der Waals surface area (Å²) in [7, 11) is 1.39. The molecule has 2 heterocycles. The number of nitro benzene ring substituents is 1. The molecule has 0 radical (unpaired) electrons. The summed E-state index contributed by atoms with van der Waals surface area (Å²) in [5.41, 5.74) is 2.34. The molecule has 8 nitrogen and oxygen atoms in total. The van der Waals surface area contributed by atoms with Crippen LogP contribution in [0, 0.1) is 16.0 Å². The van der Waals surface area contributed by atoms with Gasteiger partial charge in [0.25, 0.3) is 5.91 Å². The van der Waals surface area contributed by atoms with Gasteiger partial charge < -0.3 is 4.74 Å². The Morgan fingerprint density at radius 2 is 1.97 bits per heavy atom. The molecule has 1 fully saturated rings. The zero-order chi connectivity index (χ0) is 24.4. The van der Waals surface area contributed by atoms with Crippen LogP contribution < -0.4 is 4.74 Å². The maximum atomic E-state index is 13.0. The molecule has 1 aromatic heterocycles. The molecule has 0 saturated carbocycles. The third-order valence-electron chi connectivity index (χ3n) is 5.12. The van der Waals surface area contributed by atoms with E-state index in [-0.39, 0.29) is 23.3 Å². The van der Waals surface area contributed by atoms with Gasteiger partial charge in [0.2, 0.25) is 0 Å². The van der Waals surface area contributed by atoms with Gasteiger partial charge in [0.05, 0.1) is 22.6 Å². The van der Waals surface area contributed by atoms with Crippen LogP contribution >= 0.6 is 24.0 Å². The van der Waals surface area contributed by atoms with E-state index in [2.05, 4.69) is 0 Å². The molecule has 34 heavy (non-hydrogen) atoms. The number of carbonyl (C=O) groups excluding carboxylic acids is 1. The topological polar surface area (TPSA) is 90.5 Å². The first kappa shape index (κ1) is 23.7. The lowest BCUT2D eigenvalue weighted by Crippen LogP contribution is -2.31. The normalized spacial score (nSPS) is 14.9. The van der Waals surface area contributed by atoms with E-state index in [1.165, 1.54) is 24.9 Å². The molecule has 0 atom stereocenters. The van der Waals surface area contributed by atoms with Crippen molar-refractivity contribution in [3.63, 3.8) is 0 Å². The molecule has 0 aliphatic carbocycles. The molecule has 174 valence electrons. The monoisotopic (exact) mass is 494 g/mol. The fraction of sp³-hybridized carbons (Fsp3) is 0.208. The largest absolute Gasteiger partial charge is 0.490 e. The SMILES string of the molecule is COc1ccc(-c2nn(-c3ccccc3)cc2C=C2SC(=S)N(CC(C)C)C2=O)cc1[N+](=O)[O-]. The van der Waals surface area contributed by atoms with Gasteiger partial charge in [0, 0.05) is 29.9 Å². The van der Waals surface area contributed by atoms with E-state index in [9.17, 15) is 14.9 Å². The zero-order valence-corrected chi connectivity index (χ0v) is 20.4. The highest BCUT2D eigenvalue weighted by molar-refractivity contribution is 8.26. The lowest BCUT2D eigenvalue weighted by atomic mass is 10.1. The van der Waals surface area contributed by atoms with Crippen molar-refractivity contribution in [1.29, 1.82) is 0 Å². The Kier molecular flexibility index (Phi) is 6.80. The number of carbonyl (C=O) groups is 1. The molecule has 0 spiro atoms. The fourth-order valence-electron chi connectivity index (χ4n) is 3.57. The van der Waals surface area contributed by atoms with Crippen LogP contribution in [-0.4, -0.2) is 43.5 Å². The van der Waals surface area contributed by atoms with Crippen LogP contribution in [0.2, 0.25) is 0 Å². The average molecular weight is 495 g/mol. The van der Waals surface area contributed by atoms with Crippen LogP contribution in [0.15, 0.2) is 59.6 Å². The number of thiocarbonyl (C=S) groups is 1. The number of aromatic nitrogens is 2. The van der Waals surface area contributed by atoms with Crippen molar-refractivity contribution >= 4 is 46.0 Å². The van der Waals surface area contributed by atoms with E-state index in [1.54, 1.807) is 34.0 Å². The Morgan fingerprint density at radius 1 is 1.24 bits per heavy atom. The number of thioether (sulfide) groups is 1. The van der Waals surface area contributed by atoms with E-state index in [4.69, 9.17) is 22.1 Å². The van der Waals surface area contributed by atoms with Crippen molar-refractivity contribution in [2.45, 2.75) is 13.8 Å². The summed E-state index contributed by atoms with van der Waals surface area (Å²) in [6.07, 6.45) is 3.55. The van der Waals surface area contributed by atoms with Crippen molar-refractivity contribution in [2.75, 3.05) is 13.7 Å². The Hall–Kier alpha value is -3.50. The van der Waals surface area contributed by atoms with Crippen LogP contribution in [0.4, 0.5) is 5.69 Å². The molecular formula is C24H22N4O4S2. The van der Waals surface area contributed by atoms with Gasteiger partial charge in [-0.05, 0) is 36.3 Å². The number of ether oxygens (including phenoxy) is 1.